The molecule has 154 valence electrons. The molecule has 0 aliphatic carbocycles. The number of nitrogens with zero attached hydrogens (tertiary/aromatic N) is 2. The van der Waals surface area contributed by atoms with Crippen LogP contribution in [-0.4, -0.2) is 22.3 Å². The van der Waals surface area contributed by atoms with Crippen LogP contribution in [0.2, 0.25) is 0 Å². The molecule has 0 fully saturated rings. The number of imidazole rings is 1. The molecule has 0 spiro atoms. The highest BCUT2D eigenvalue weighted by Crippen LogP contribution is 2.11. The van der Waals surface area contributed by atoms with Crippen LogP contribution in [0.1, 0.15) is 70.3 Å². The van der Waals surface area contributed by atoms with Crippen molar-refractivity contribution >= 4 is 6.08 Å². The zero-order valence-electron chi connectivity index (χ0n) is 17.2. The molecule has 0 saturated carbocycles. The summed E-state index contributed by atoms with van der Waals surface area (Å²) in [5.41, 5.74) is 0.976. The number of rotatable bonds is 15. The van der Waals surface area contributed by atoms with Crippen molar-refractivity contribution < 1.29 is 9.13 Å². The molecule has 1 unspecified atom stereocenters. The van der Waals surface area contributed by atoms with Crippen LogP contribution in [0.5, 0.6) is 0 Å². The molecule has 0 radical (unpaired) electrons. The third kappa shape index (κ3) is 9.84. The van der Waals surface area contributed by atoms with Gasteiger partial charge in [-0.1, -0.05) is 82.6 Å². The molecule has 0 amide bonds. The molecule has 0 aliphatic rings. The highest BCUT2D eigenvalue weighted by molar-refractivity contribution is 5.49. The summed E-state index contributed by atoms with van der Waals surface area (Å²) in [7, 11) is 0. The maximum Gasteiger partial charge on any atom is 0.123 e. The van der Waals surface area contributed by atoms with Gasteiger partial charge in [0.15, 0.2) is 0 Å². The zero-order chi connectivity index (χ0) is 19.9. The second-order valence-electron chi connectivity index (χ2n) is 7.41. The SMILES string of the molecule is CCCCCCCCCCCOC(C=Cc1ccc(F)cc1)Cn1ccnc1. The third-order valence-electron chi connectivity index (χ3n) is 4.90. The van der Waals surface area contributed by atoms with E-state index < -0.39 is 0 Å². The first-order valence-electron chi connectivity index (χ1n) is 10.8. The summed E-state index contributed by atoms with van der Waals surface area (Å²) in [6.07, 6.45) is 21.3. The Labute approximate surface area is 169 Å². The van der Waals surface area contributed by atoms with Crippen molar-refractivity contribution in [3.63, 3.8) is 0 Å². The molecule has 1 heterocycles. The molecule has 1 atom stereocenters. The number of aromatic nitrogens is 2. The standard InChI is InChI=1S/C24H35FN2O/c1-2-3-4-5-6-7-8-9-10-19-28-24(20-27-18-17-26-21-27)16-13-22-11-14-23(25)15-12-22/h11-18,21,24H,2-10,19-20H2,1H3. The minimum atomic E-state index is -0.214. The Balaban J connectivity index is 1.68. The summed E-state index contributed by atoms with van der Waals surface area (Å²) in [4.78, 5) is 4.10. The molecule has 4 heteroatoms. The molecule has 2 aromatic rings. The first-order chi connectivity index (χ1) is 13.8. The monoisotopic (exact) mass is 386 g/mol. The normalized spacial score (nSPS) is 12.6. The summed E-state index contributed by atoms with van der Waals surface area (Å²) < 4.78 is 21.2. The maximum absolute atomic E-state index is 13.0. The van der Waals surface area contributed by atoms with Crippen LogP contribution in [0, 0.1) is 5.82 Å². The first kappa shape index (κ1) is 22.4. The Morgan fingerprint density at radius 1 is 1.00 bits per heavy atom. The van der Waals surface area contributed by atoms with Gasteiger partial charge in [0.25, 0.3) is 0 Å². The smallest absolute Gasteiger partial charge is 0.123 e. The molecule has 2 rings (SSSR count). The first-order valence-corrected chi connectivity index (χ1v) is 10.8. The van der Waals surface area contributed by atoms with E-state index in [1.165, 1.54) is 63.5 Å². The predicted octanol–water partition coefficient (Wildman–Crippen LogP) is 6.65. The van der Waals surface area contributed by atoms with Gasteiger partial charge in [-0.25, -0.2) is 9.37 Å². The Bertz CT molecular complexity index is 637. The van der Waals surface area contributed by atoms with Gasteiger partial charge in [0.1, 0.15) is 5.82 Å². The Morgan fingerprint density at radius 2 is 1.68 bits per heavy atom. The second kappa shape index (κ2) is 14.1. The topological polar surface area (TPSA) is 27.1 Å². The maximum atomic E-state index is 13.0. The molecule has 1 aromatic heterocycles. The number of halogens is 1. The van der Waals surface area contributed by atoms with Gasteiger partial charge < -0.3 is 9.30 Å². The number of benzene rings is 1. The lowest BCUT2D eigenvalue weighted by Gasteiger charge is -2.15. The molecule has 1 aromatic carbocycles. The van der Waals surface area contributed by atoms with Crippen LogP contribution >= 0.6 is 0 Å². The Hall–Kier alpha value is -1.94. The lowest BCUT2D eigenvalue weighted by Crippen LogP contribution is -2.18. The van der Waals surface area contributed by atoms with E-state index in [9.17, 15) is 4.39 Å². The van der Waals surface area contributed by atoms with Gasteiger partial charge in [0, 0.05) is 19.0 Å². The van der Waals surface area contributed by atoms with E-state index in [0.29, 0.717) is 0 Å². The molecular weight excluding hydrogens is 351 g/mol. The van der Waals surface area contributed by atoms with Crippen LogP contribution in [-0.2, 0) is 11.3 Å². The van der Waals surface area contributed by atoms with Gasteiger partial charge in [-0.15, -0.1) is 0 Å². The van der Waals surface area contributed by atoms with Gasteiger partial charge in [-0.2, -0.15) is 0 Å². The average molecular weight is 387 g/mol. The fourth-order valence-corrected chi connectivity index (χ4v) is 3.21. The molecule has 0 bridgehead atoms. The Kier molecular flexibility index (Phi) is 11.3. The fourth-order valence-electron chi connectivity index (χ4n) is 3.21. The molecule has 0 N–H and O–H groups in total. The quantitative estimate of drug-likeness (QED) is 0.320. The van der Waals surface area contributed by atoms with Crippen molar-refractivity contribution in [3.8, 4) is 0 Å². The molecule has 0 saturated heterocycles. The van der Waals surface area contributed by atoms with Crippen LogP contribution in [0.3, 0.4) is 0 Å². The van der Waals surface area contributed by atoms with Crippen LogP contribution in [0.15, 0.2) is 49.1 Å². The second-order valence-corrected chi connectivity index (χ2v) is 7.41. The summed E-state index contributed by atoms with van der Waals surface area (Å²) in [6.45, 7) is 3.76. The van der Waals surface area contributed by atoms with Gasteiger partial charge in [0.05, 0.1) is 19.0 Å². The lowest BCUT2D eigenvalue weighted by molar-refractivity contribution is 0.0710. The molecule has 0 aliphatic heterocycles. The summed E-state index contributed by atoms with van der Waals surface area (Å²) in [6, 6.07) is 6.52. The van der Waals surface area contributed by atoms with E-state index in [2.05, 4.69) is 18.0 Å². The number of unbranched alkanes of at least 4 members (excludes halogenated alkanes) is 8. The van der Waals surface area contributed by atoms with Crippen molar-refractivity contribution in [2.45, 2.75) is 77.4 Å². The van der Waals surface area contributed by atoms with E-state index in [0.717, 1.165) is 25.1 Å². The minimum absolute atomic E-state index is 0.0201. The van der Waals surface area contributed by atoms with E-state index in [-0.39, 0.29) is 11.9 Å². The summed E-state index contributed by atoms with van der Waals surface area (Å²) in [5.74, 6) is -0.214. The third-order valence-corrected chi connectivity index (χ3v) is 4.90. The van der Waals surface area contributed by atoms with E-state index in [4.69, 9.17) is 4.74 Å². The average Bonchev–Trinajstić information content (AvgIpc) is 3.21. The molecule has 28 heavy (non-hydrogen) atoms. The van der Waals surface area contributed by atoms with Gasteiger partial charge >= 0.3 is 0 Å². The van der Waals surface area contributed by atoms with E-state index >= 15 is 0 Å². The Morgan fingerprint density at radius 3 is 2.32 bits per heavy atom. The van der Waals surface area contributed by atoms with E-state index in [1.807, 2.05) is 16.8 Å². The highest BCUT2D eigenvalue weighted by Gasteiger charge is 2.06. The predicted molar refractivity (Wildman–Crippen MR) is 115 cm³/mol. The molecule has 3 nitrogen and oxygen atoms in total. The van der Waals surface area contributed by atoms with E-state index in [1.54, 1.807) is 24.7 Å². The largest absolute Gasteiger partial charge is 0.372 e. The lowest BCUT2D eigenvalue weighted by atomic mass is 10.1. The van der Waals surface area contributed by atoms with Crippen LogP contribution in [0.4, 0.5) is 4.39 Å². The summed E-state index contributed by atoms with van der Waals surface area (Å²) >= 11 is 0. The summed E-state index contributed by atoms with van der Waals surface area (Å²) in [5, 5.41) is 0. The van der Waals surface area contributed by atoms with Crippen molar-refractivity contribution in [1.82, 2.24) is 9.55 Å². The van der Waals surface area contributed by atoms with Gasteiger partial charge in [-0.05, 0) is 24.1 Å². The van der Waals surface area contributed by atoms with Crippen molar-refractivity contribution in [3.05, 3.63) is 60.4 Å². The number of hydrogen-bond donors (Lipinski definition) is 0. The minimum Gasteiger partial charge on any atom is -0.372 e. The molecular formula is C24H35FN2O. The van der Waals surface area contributed by atoms with Gasteiger partial charge in [-0.3, -0.25) is 0 Å². The van der Waals surface area contributed by atoms with Crippen LogP contribution in [0.25, 0.3) is 6.08 Å². The van der Waals surface area contributed by atoms with Gasteiger partial charge in [0.2, 0.25) is 0 Å². The van der Waals surface area contributed by atoms with Crippen LogP contribution < -0.4 is 0 Å². The van der Waals surface area contributed by atoms with Crippen molar-refractivity contribution in [1.29, 1.82) is 0 Å². The fraction of sp³-hybridized carbons (Fsp3) is 0.542. The zero-order valence-corrected chi connectivity index (χ0v) is 17.2. The number of ether oxygens (including phenoxy) is 1. The van der Waals surface area contributed by atoms with Crippen molar-refractivity contribution in [2.75, 3.05) is 6.61 Å². The number of hydrogen-bond acceptors (Lipinski definition) is 2. The highest BCUT2D eigenvalue weighted by atomic mass is 19.1. The van der Waals surface area contributed by atoms with Crippen molar-refractivity contribution in [2.24, 2.45) is 0 Å².